The third-order valence-corrected chi connectivity index (χ3v) is 4.78. The van der Waals surface area contributed by atoms with Crippen LogP contribution in [0.25, 0.3) is 5.57 Å². The Kier molecular flexibility index (Phi) is 8.69. The molecule has 0 N–H and O–H groups in total. The van der Waals surface area contributed by atoms with Crippen LogP contribution in [0, 0.1) is 0 Å². The third kappa shape index (κ3) is 6.87. The van der Waals surface area contributed by atoms with Gasteiger partial charge in [0.15, 0.2) is 15.6 Å². The van der Waals surface area contributed by atoms with Crippen LogP contribution in [0.5, 0.6) is 0 Å². The lowest BCUT2D eigenvalue weighted by atomic mass is 9.93. The Labute approximate surface area is 162 Å². The second-order valence-electron chi connectivity index (χ2n) is 5.98. The van der Waals surface area contributed by atoms with E-state index in [0.717, 1.165) is 17.4 Å². The maximum Gasteiger partial charge on any atom is 0.202 e. The highest BCUT2D eigenvalue weighted by Crippen LogP contribution is 2.30. The predicted octanol–water partition coefficient (Wildman–Crippen LogP) is 5.02. The lowest BCUT2D eigenvalue weighted by Crippen LogP contribution is -2.11. The summed E-state index contributed by atoms with van der Waals surface area (Å²) < 4.78 is 28.5. The molecule has 0 heterocycles. The SMILES string of the molecule is C/C=C\C.C=C/C=C/OC1=C(c2ccc(S(C)(=O)=O)cc2)C=C(C)CC1=O. The highest BCUT2D eigenvalue weighted by molar-refractivity contribution is 7.90. The molecule has 0 unspecified atom stereocenters. The summed E-state index contributed by atoms with van der Waals surface area (Å²) in [6.07, 6.45) is 11.9. The van der Waals surface area contributed by atoms with Gasteiger partial charge in [-0.15, -0.1) is 0 Å². The Hall–Kier alpha value is -2.66. The monoisotopic (exact) mass is 386 g/mol. The van der Waals surface area contributed by atoms with Crippen LogP contribution < -0.4 is 0 Å². The van der Waals surface area contributed by atoms with Crippen LogP contribution in [0.2, 0.25) is 0 Å². The van der Waals surface area contributed by atoms with E-state index in [9.17, 15) is 13.2 Å². The molecule has 0 spiro atoms. The van der Waals surface area contributed by atoms with Crippen molar-refractivity contribution >= 4 is 21.2 Å². The van der Waals surface area contributed by atoms with Gasteiger partial charge in [0.2, 0.25) is 5.78 Å². The molecule has 144 valence electrons. The first kappa shape index (κ1) is 22.4. The van der Waals surface area contributed by atoms with Gasteiger partial charge in [0.25, 0.3) is 0 Å². The first-order valence-corrected chi connectivity index (χ1v) is 10.4. The zero-order valence-corrected chi connectivity index (χ0v) is 17.0. The quantitative estimate of drug-likeness (QED) is 0.405. The molecule has 0 radical (unpaired) electrons. The van der Waals surface area contributed by atoms with Crippen LogP contribution in [-0.2, 0) is 19.4 Å². The normalized spacial score (nSPS) is 14.8. The summed E-state index contributed by atoms with van der Waals surface area (Å²) in [4.78, 5) is 12.5. The van der Waals surface area contributed by atoms with Crippen LogP contribution in [0.3, 0.4) is 0 Å². The van der Waals surface area contributed by atoms with Crippen molar-refractivity contribution < 1.29 is 17.9 Å². The second kappa shape index (κ2) is 10.5. The summed E-state index contributed by atoms with van der Waals surface area (Å²) in [7, 11) is -3.25. The Morgan fingerprint density at radius 3 is 2.19 bits per heavy atom. The first-order valence-electron chi connectivity index (χ1n) is 8.51. The number of Topliss-reactive ketones (excluding diaryl/α,β-unsaturated/α-hetero) is 1. The van der Waals surface area contributed by atoms with Crippen LogP contribution >= 0.6 is 0 Å². The molecule has 2 rings (SSSR count). The van der Waals surface area contributed by atoms with Gasteiger partial charge in [-0.25, -0.2) is 8.42 Å². The molecule has 1 aliphatic carbocycles. The van der Waals surface area contributed by atoms with E-state index in [0.29, 0.717) is 12.0 Å². The number of ketones is 1. The van der Waals surface area contributed by atoms with Crippen molar-refractivity contribution in [3.8, 4) is 0 Å². The van der Waals surface area contributed by atoms with Crippen molar-refractivity contribution in [2.24, 2.45) is 0 Å². The highest BCUT2D eigenvalue weighted by atomic mass is 32.2. The zero-order chi connectivity index (χ0) is 20.4. The Morgan fingerprint density at radius 2 is 1.70 bits per heavy atom. The van der Waals surface area contributed by atoms with Crippen molar-refractivity contribution in [2.75, 3.05) is 6.26 Å². The molecule has 4 nitrogen and oxygen atoms in total. The van der Waals surface area contributed by atoms with E-state index in [1.807, 2.05) is 39.0 Å². The molecule has 0 amide bonds. The molecule has 0 bridgehead atoms. The van der Waals surface area contributed by atoms with Crippen molar-refractivity contribution in [2.45, 2.75) is 32.1 Å². The topological polar surface area (TPSA) is 60.4 Å². The molecule has 0 aromatic heterocycles. The van der Waals surface area contributed by atoms with Crippen LogP contribution in [-0.4, -0.2) is 20.5 Å². The number of benzene rings is 1. The highest BCUT2D eigenvalue weighted by Gasteiger charge is 2.22. The molecule has 0 fully saturated rings. The van der Waals surface area contributed by atoms with Crippen molar-refractivity contribution in [3.63, 3.8) is 0 Å². The number of carbonyl (C=O) groups excluding carboxylic acids is 1. The summed E-state index contributed by atoms with van der Waals surface area (Å²) in [5.41, 5.74) is 2.30. The van der Waals surface area contributed by atoms with E-state index in [2.05, 4.69) is 6.58 Å². The van der Waals surface area contributed by atoms with Crippen LogP contribution in [0.1, 0.15) is 32.8 Å². The van der Waals surface area contributed by atoms with E-state index in [-0.39, 0.29) is 16.4 Å². The number of sulfone groups is 1. The Balaban J connectivity index is 0.000000828. The van der Waals surface area contributed by atoms with Gasteiger partial charge in [-0.1, -0.05) is 48.6 Å². The molecule has 1 aromatic carbocycles. The van der Waals surface area contributed by atoms with Crippen LogP contribution in [0.15, 0.2) is 83.7 Å². The predicted molar refractivity (Wildman–Crippen MR) is 111 cm³/mol. The molecule has 0 aliphatic heterocycles. The van der Waals surface area contributed by atoms with Crippen LogP contribution in [0.4, 0.5) is 0 Å². The van der Waals surface area contributed by atoms with Crippen molar-refractivity contribution in [1.29, 1.82) is 0 Å². The molecule has 1 aromatic rings. The molecular formula is C22H26O4S. The van der Waals surface area contributed by atoms with E-state index in [1.165, 1.54) is 18.4 Å². The first-order chi connectivity index (χ1) is 12.7. The average Bonchev–Trinajstić information content (AvgIpc) is 2.63. The molecule has 0 atom stereocenters. The van der Waals surface area contributed by atoms with Gasteiger partial charge in [-0.3, -0.25) is 4.79 Å². The third-order valence-electron chi connectivity index (χ3n) is 3.66. The number of carbonyl (C=O) groups is 1. The summed E-state index contributed by atoms with van der Waals surface area (Å²) in [6, 6.07) is 6.40. The maximum atomic E-state index is 12.2. The number of rotatable bonds is 5. The average molecular weight is 387 g/mol. The molecular weight excluding hydrogens is 360 g/mol. The van der Waals surface area contributed by atoms with Crippen molar-refractivity contribution in [3.05, 3.63) is 84.4 Å². The van der Waals surface area contributed by atoms with Crippen molar-refractivity contribution in [1.82, 2.24) is 0 Å². The maximum absolute atomic E-state index is 12.2. The lowest BCUT2D eigenvalue weighted by molar-refractivity contribution is -0.117. The fourth-order valence-electron chi connectivity index (χ4n) is 2.23. The summed E-state index contributed by atoms with van der Waals surface area (Å²) >= 11 is 0. The molecule has 27 heavy (non-hydrogen) atoms. The minimum Gasteiger partial charge on any atom is -0.461 e. The summed E-state index contributed by atoms with van der Waals surface area (Å²) in [5.74, 6) is 0.140. The molecule has 0 saturated heterocycles. The second-order valence-corrected chi connectivity index (χ2v) is 7.99. The fourth-order valence-corrected chi connectivity index (χ4v) is 2.87. The smallest absolute Gasteiger partial charge is 0.202 e. The van der Waals surface area contributed by atoms with Gasteiger partial charge in [-0.05, 0) is 44.5 Å². The fraction of sp³-hybridized carbons (Fsp3) is 0.227. The van der Waals surface area contributed by atoms with Gasteiger partial charge < -0.3 is 4.74 Å². The van der Waals surface area contributed by atoms with Gasteiger partial charge in [-0.2, -0.15) is 0 Å². The minimum absolute atomic E-state index is 0.110. The Bertz CT molecular complexity index is 892. The lowest BCUT2D eigenvalue weighted by Gasteiger charge is -2.17. The van der Waals surface area contributed by atoms with E-state index in [4.69, 9.17) is 4.74 Å². The number of ether oxygens (including phenoxy) is 1. The van der Waals surface area contributed by atoms with Gasteiger partial charge >= 0.3 is 0 Å². The minimum atomic E-state index is -3.25. The van der Waals surface area contributed by atoms with Gasteiger partial charge in [0, 0.05) is 18.2 Å². The largest absolute Gasteiger partial charge is 0.461 e. The zero-order valence-electron chi connectivity index (χ0n) is 16.2. The number of allylic oxidation sites excluding steroid dienone is 8. The van der Waals surface area contributed by atoms with E-state index < -0.39 is 9.84 Å². The van der Waals surface area contributed by atoms with Gasteiger partial charge in [0.05, 0.1) is 11.2 Å². The number of hydrogen-bond donors (Lipinski definition) is 0. The molecule has 5 heteroatoms. The molecule has 0 saturated carbocycles. The Morgan fingerprint density at radius 1 is 1.11 bits per heavy atom. The van der Waals surface area contributed by atoms with E-state index in [1.54, 1.807) is 24.3 Å². The van der Waals surface area contributed by atoms with E-state index >= 15 is 0 Å². The summed E-state index contributed by atoms with van der Waals surface area (Å²) in [5, 5.41) is 0. The molecule has 1 aliphatic rings. The van der Waals surface area contributed by atoms with Gasteiger partial charge in [0.1, 0.15) is 0 Å². The standard InChI is InChI=1S/C18H18O4S.C4H8/c1-4-5-10-22-18-16(11-13(2)12-17(18)19)14-6-8-15(9-7-14)23(3,20)21;1-3-4-2/h4-11H,1,12H2,2-3H3;3-4H,1-2H3/b10-5+;4-3-. The number of hydrogen-bond acceptors (Lipinski definition) is 4. The summed E-state index contributed by atoms with van der Waals surface area (Å²) in [6.45, 7) is 9.42.